The van der Waals surface area contributed by atoms with Crippen molar-refractivity contribution in [2.45, 2.75) is 32.4 Å². The van der Waals surface area contributed by atoms with Gasteiger partial charge in [0.15, 0.2) is 0 Å². The molecule has 2 heterocycles. The van der Waals surface area contributed by atoms with Crippen molar-refractivity contribution in [3.05, 3.63) is 22.8 Å². The van der Waals surface area contributed by atoms with E-state index in [2.05, 4.69) is 29.1 Å². The third-order valence-electron chi connectivity index (χ3n) is 4.16. The molecule has 1 fully saturated rings. The third kappa shape index (κ3) is 3.62. The van der Waals surface area contributed by atoms with Crippen molar-refractivity contribution in [3.63, 3.8) is 0 Å². The smallest absolute Gasteiger partial charge is 0.128 e. The second-order valence-corrected chi connectivity index (χ2v) is 5.81. The molecule has 0 aliphatic carbocycles. The fourth-order valence-electron chi connectivity index (χ4n) is 2.77. The number of piperidine rings is 1. The summed E-state index contributed by atoms with van der Waals surface area (Å²) < 4.78 is 0. The highest BCUT2D eigenvalue weighted by Crippen LogP contribution is 2.23. The summed E-state index contributed by atoms with van der Waals surface area (Å²) in [6, 6.07) is 4.55. The Labute approximate surface area is 127 Å². The lowest BCUT2D eigenvalue weighted by Gasteiger charge is -2.37. The standard InChI is InChI=1S/C15H25ClN4/c1-4-20-9-7-12(8-10-20)19(3)15-6-5-13(16)14(18-15)11-17-2/h5-6,12,17H,4,7-11H2,1-3H3. The number of nitrogens with zero attached hydrogens (tertiary/aromatic N) is 3. The Morgan fingerprint density at radius 2 is 2.10 bits per heavy atom. The molecular formula is C15H25ClN4. The molecule has 1 aromatic rings. The van der Waals surface area contributed by atoms with E-state index in [0.717, 1.165) is 23.1 Å². The van der Waals surface area contributed by atoms with Gasteiger partial charge in [0.1, 0.15) is 5.82 Å². The Morgan fingerprint density at radius 3 is 2.70 bits per heavy atom. The minimum absolute atomic E-state index is 0.578. The molecule has 112 valence electrons. The highest BCUT2D eigenvalue weighted by molar-refractivity contribution is 6.31. The highest BCUT2D eigenvalue weighted by atomic mass is 35.5. The van der Waals surface area contributed by atoms with Crippen LogP contribution in [0.25, 0.3) is 0 Å². The van der Waals surface area contributed by atoms with Crippen molar-refractivity contribution in [2.75, 3.05) is 38.6 Å². The van der Waals surface area contributed by atoms with E-state index in [1.807, 2.05) is 19.2 Å². The number of nitrogens with one attached hydrogen (secondary N) is 1. The first-order valence-corrected chi connectivity index (χ1v) is 7.78. The molecule has 0 radical (unpaired) electrons. The van der Waals surface area contributed by atoms with Gasteiger partial charge < -0.3 is 15.1 Å². The number of aromatic nitrogens is 1. The number of anilines is 1. The van der Waals surface area contributed by atoms with Gasteiger partial charge in [0.05, 0.1) is 10.7 Å². The largest absolute Gasteiger partial charge is 0.357 e. The van der Waals surface area contributed by atoms with Gasteiger partial charge in [-0.1, -0.05) is 18.5 Å². The van der Waals surface area contributed by atoms with Crippen LogP contribution < -0.4 is 10.2 Å². The molecule has 0 unspecified atom stereocenters. The quantitative estimate of drug-likeness (QED) is 0.904. The van der Waals surface area contributed by atoms with Crippen molar-refractivity contribution in [1.82, 2.24) is 15.2 Å². The molecule has 0 bridgehead atoms. The average Bonchev–Trinajstić information content (AvgIpc) is 2.49. The Kier molecular flexibility index (Phi) is 5.64. The first kappa shape index (κ1) is 15.5. The summed E-state index contributed by atoms with van der Waals surface area (Å²) in [5.74, 6) is 1.02. The number of likely N-dealkylation sites (tertiary alicyclic amines) is 1. The first-order chi connectivity index (χ1) is 9.65. The molecule has 2 rings (SSSR count). The summed E-state index contributed by atoms with van der Waals surface area (Å²) in [5, 5.41) is 3.85. The van der Waals surface area contributed by atoms with E-state index in [-0.39, 0.29) is 0 Å². The number of pyridine rings is 1. The number of hydrogen-bond acceptors (Lipinski definition) is 4. The van der Waals surface area contributed by atoms with Gasteiger partial charge in [-0.05, 0) is 38.6 Å². The van der Waals surface area contributed by atoms with Crippen molar-refractivity contribution >= 4 is 17.4 Å². The van der Waals surface area contributed by atoms with E-state index in [4.69, 9.17) is 16.6 Å². The molecule has 0 amide bonds. The summed E-state index contributed by atoms with van der Waals surface area (Å²) in [4.78, 5) is 9.51. The SMILES string of the molecule is CCN1CCC(N(C)c2ccc(Cl)c(CNC)n2)CC1. The molecule has 20 heavy (non-hydrogen) atoms. The minimum atomic E-state index is 0.578. The molecule has 5 heteroatoms. The van der Waals surface area contributed by atoms with Crippen molar-refractivity contribution in [3.8, 4) is 0 Å². The van der Waals surface area contributed by atoms with Crippen LogP contribution in [0.3, 0.4) is 0 Å². The molecular weight excluding hydrogens is 272 g/mol. The number of halogens is 1. The zero-order chi connectivity index (χ0) is 14.5. The van der Waals surface area contributed by atoms with Crippen LogP contribution in [0.15, 0.2) is 12.1 Å². The zero-order valence-electron chi connectivity index (χ0n) is 12.7. The van der Waals surface area contributed by atoms with E-state index in [1.165, 1.54) is 25.9 Å². The van der Waals surface area contributed by atoms with Crippen LogP contribution in [0, 0.1) is 0 Å². The lowest BCUT2D eigenvalue weighted by Crippen LogP contribution is -2.43. The van der Waals surface area contributed by atoms with Crippen LogP contribution in [-0.4, -0.2) is 49.7 Å². The monoisotopic (exact) mass is 296 g/mol. The van der Waals surface area contributed by atoms with Gasteiger partial charge >= 0.3 is 0 Å². The zero-order valence-corrected chi connectivity index (χ0v) is 13.5. The molecule has 0 saturated carbocycles. The maximum atomic E-state index is 6.18. The van der Waals surface area contributed by atoms with E-state index in [0.29, 0.717) is 12.6 Å². The fraction of sp³-hybridized carbons (Fsp3) is 0.667. The lowest BCUT2D eigenvalue weighted by molar-refractivity contribution is 0.220. The van der Waals surface area contributed by atoms with Gasteiger partial charge in [0.2, 0.25) is 0 Å². The second-order valence-electron chi connectivity index (χ2n) is 5.40. The summed E-state index contributed by atoms with van der Waals surface area (Å²) in [6.07, 6.45) is 2.41. The maximum absolute atomic E-state index is 6.18. The van der Waals surface area contributed by atoms with Crippen LogP contribution in [0.5, 0.6) is 0 Å². The lowest BCUT2D eigenvalue weighted by atomic mass is 10.0. The number of rotatable bonds is 5. The van der Waals surface area contributed by atoms with Crippen LogP contribution >= 0.6 is 11.6 Å². The summed E-state index contributed by atoms with van der Waals surface area (Å²) >= 11 is 6.18. The molecule has 0 spiro atoms. The summed E-state index contributed by atoms with van der Waals surface area (Å²) in [6.45, 7) is 6.45. The predicted octanol–water partition coefficient (Wildman–Crippen LogP) is 2.37. The van der Waals surface area contributed by atoms with E-state index < -0.39 is 0 Å². The highest BCUT2D eigenvalue weighted by Gasteiger charge is 2.22. The van der Waals surface area contributed by atoms with Gasteiger partial charge in [-0.3, -0.25) is 0 Å². The minimum Gasteiger partial charge on any atom is -0.357 e. The second kappa shape index (κ2) is 7.25. The summed E-state index contributed by atoms with van der Waals surface area (Å²) in [5.41, 5.74) is 0.921. The normalized spacial score (nSPS) is 17.4. The average molecular weight is 297 g/mol. The Balaban J connectivity index is 2.05. The molecule has 0 aromatic carbocycles. The Bertz CT molecular complexity index is 430. The van der Waals surface area contributed by atoms with Crippen molar-refractivity contribution in [2.24, 2.45) is 0 Å². The predicted molar refractivity (Wildman–Crippen MR) is 85.5 cm³/mol. The van der Waals surface area contributed by atoms with Gasteiger partial charge in [0, 0.05) is 32.7 Å². The molecule has 1 N–H and O–H groups in total. The van der Waals surface area contributed by atoms with E-state index in [1.54, 1.807) is 0 Å². The molecule has 0 atom stereocenters. The maximum Gasteiger partial charge on any atom is 0.128 e. The topological polar surface area (TPSA) is 31.4 Å². The fourth-order valence-corrected chi connectivity index (χ4v) is 2.94. The van der Waals surface area contributed by atoms with Crippen molar-refractivity contribution in [1.29, 1.82) is 0 Å². The molecule has 1 saturated heterocycles. The first-order valence-electron chi connectivity index (χ1n) is 7.41. The van der Waals surface area contributed by atoms with Gasteiger partial charge in [-0.15, -0.1) is 0 Å². The third-order valence-corrected chi connectivity index (χ3v) is 4.51. The number of hydrogen-bond donors (Lipinski definition) is 1. The molecule has 1 aliphatic heterocycles. The van der Waals surface area contributed by atoms with Gasteiger partial charge in [0.25, 0.3) is 0 Å². The Morgan fingerprint density at radius 1 is 1.40 bits per heavy atom. The summed E-state index contributed by atoms with van der Waals surface area (Å²) in [7, 11) is 4.06. The van der Waals surface area contributed by atoms with Crippen LogP contribution in [0.4, 0.5) is 5.82 Å². The van der Waals surface area contributed by atoms with Crippen LogP contribution in [-0.2, 0) is 6.54 Å². The molecule has 1 aliphatic rings. The van der Waals surface area contributed by atoms with Crippen LogP contribution in [0.2, 0.25) is 5.02 Å². The van der Waals surface area contributed by atoms with Gasteiger partial charge in [-0.2, -0.15) is 0 Å². The van der Waals surface area contributed by atoms with E-state index >= 15 is 0 Å². The molecule has 1 aromatic heterocycles. The van der Waals surface area contributed by atoms with Crippen LogP contribution in [0.1, 0.15) is 25.5 Å². The van der Waals surface area contributed by atoms with E-state index in [9.17, 15) is 0 Å². The van der Waals surface area contributed by atoms with Gasteiger partial charge in [-0.25, -0.2) is 4.98 Å². The van der Waals surface area contributed by atoms with Crippen molar-refractivity contribution < 1.29 is 0 Å². The Hall–Kier alpha value is -0.840. The molecule has 4 nitrogen and oxygen atoms in total.